The van der Waals surface area contributed by atoms with Gasteiger partial charge in [0, 0.05) is 30.4 Å². The quantitative estimate of drug-likeness (QED) is 0.227. The summed E-state index contributed by atoms with van der Waals surface area (Å²) in [5.74, 6) is -0.496. The van der Waals surface area contributed by atoms with E-state index in [-0.39, 0.29) is 31.9 Å². The number of aliphatic hydroxyl groups excluding tert-OH is 1. The number of pyridine rings is 1. The molecule has 2 aliphatic heterocycles. The van der Waals surface area contributed by atoms with E-state index >= 15 is 0 Å². The fraction of sp³-hybridized carbons (Fsp3) is 0.367. The monoisotopic (exact) mass is 564 g/mol. The molecule has 2 amide bonds. The highest BCUT2D eigenvalue weighted by atomic mass is 19.1. The largest absolute Gasteiger partial charge is 0.442 e. The van der Waals surface area contributed by atoms with E-state index in [2.05, 4.69) is 15.7 Å². The molecule has 0 radical (unpaired) electrons. The van der Waals surface area contributed by atoms with Crippen LogP contribution in [0, 0.1) is 11.7 Å². The van der Waals surface area contributed by atoms with Crippen LogP contribution in [0.1, 0.15) is 17.5 Å². The van der Waals surface area contributed by atoms with Gasteiger partial charge in [0.1, 0.15) is 11.9 Å². The van der Waals surface area contributed by atoms with E-state index in [9.17, 15) is 19.1 Å². The molecule has 11 heteroatoms. The van der Waals surface area contributed by atoms with E-state index in [1.807, 2.05) is 42.5 Å². The summed E-state index contributed by atoms with van der Waals surface area (Å²) in [6.45, 7) is 0.613. The van der Waals surface area contributed by atoms with E-state index in [1.54, 1.807) is 24.4 Å². The molecule has 216 valence electrons. The van der Waals surface area contributed by atoms with Crippen LogP contribution in [0.15, 0.2) is 72.9 Å². The van der Waals surface area contributed by atoms with Gasteiger partial charge in [0.15, 0.2) is 6.29 Å². The molecular formula is C30H33FN4O6. The third kappa shape index (κ3) is 7.44. The maximum atomic E-state index is 14.5. The smallest absolute Gasteiger partial charge is 0.422 e. The van der Waals surface area contributed by atoms with Gasteiger partial charge in [-0.15, -0.1) is 0 Å². The minimum atomic E-state index is -1.12. The predicted octanol–water partition coefficient (Wildman–Crippen LogP) is 2.81. The zero-order chi connectivity index (χ0) is 28.6. The Morgan fingerprint density at radius 1 is 1.15 bits per heavy atom. The number of carbonyl (C=O) groups is 2. The van der Waals surface area contributed by atoms with E-state index in [0.29, 0.717) is 25.0 Å². The summed E-state index contributed by atoms with van der Waals surface area (Å²) in [7, 11) is 0. The number of carbonyl (C=O) groups excluding carboxylic acids is 2. The molecule has 3 heterocycles. The molecule has 5 rings (SSSR count). The summed E-state index contributed by atoms with van der Waals surface area (Å²) in [6.07, 6.45) is 0.579. The topological polar surface area (TPSA) is 122 Å². The summed E-state index contributed by atoms with van der Waals surface area (Å²) in [6, 6.07) is 18.8. The molecule has 5 unspecified atom stereocenters. The van der Waals surface area contributed by atoms with Gasteiger partial charge in [0.2, 0.25) is 6.41 Å². The highest BCUT2D eigenvalue weighted by Gasteiger charge is 2.44. The minimum absolute atomic E-state index is 0.0399. The first kappa shape index (κ1) is 28.6. The van der Waals surface area contributed by atoms with Crippen molar-refractivity contribution in [3.63, 3.8) is 0 Å². The number of rotatable bonds is 12. The average molecular weight is 565 g/mol. The number of aliphatic hydroxyl groups is 1. The summed E-state index contributed by atoms with van der Waals surface area (Å²) < 4.78 is 31.1. The van der Waals surface area contributed by atoms with Gasteiger partial charge in [0.05, 0.1) is 37.0 Å². The molecule has 2 aromatic carbocycles. The lowest BCUT2D eigenvalue weighted by Gasteiger charge is -2.30. The van der Waals surface area contributed by atoms with Crippen LogP contribution in [-0.2, 0) is 32.0 Å². The molecule has 10 nitrogen and oxygen atoms in total. The zero-order valence-electron chi connectivity index (χ0n) is 22.4. The summed E-state index contributed by atoms with van der Waals surface area (Å²) in [5, 5.41) is 15.2. The third-order valence-electron chi connectivity index (χ3n) is 7.34. The van der Waals surface area contributed by atoms with Crippen LogP contribution in [-0.4, -0.2) is 71.9 Å². The Hall–Kier alpha value is -3.90. The first-order chi connectivity index (χ1) is 20.0. The number of hydrogen-bond donors (Lipinski definition) is 3. The Labute approximate surface area is 237 Å². The van der Waals surface area contributed by atoms with Crippen molar-refractivity contribution in [2.45, 2.75) is 43.9 Å². The molecule has 1 aromatic heterocycles. The Morgan fingerprint density at radius 2 is 1.95 bits per heavy atom. The molecular weight excluding hydrogens is 531 g/mol. The van der Waals surface area contributed by atoms with Crippen molar-refractivity contribution in [3.05, 3.63) is 89.9 Å². The second-order valence-corrected chi connectivity index (χ2v) is 10.1. The number of amides is 2. The minimum Gasteiger partial charge on any atom is -0.442 e. The standard InChI is InChI=1S/C30H33FN4O6/c31-24-6-2-1-5-22(24)16-35(34-30(38)41-28-18-40-29-23(28)12-14-39-29)17-27(37)26(33-19-36)15-20-8-10-21(11-9-20)25-7-3-4-13-32-25/h1-11,13,19,23,26-29,37H,12,14-18H2,(H,33,36)(H,34,38). The highest BCUT2D eigenvalue weighted by Crippen LogP contribution is 2.33. The average Bonchev–Trinajstić information content (AvgIpc) is 3.60. The molecule has 5 atom stereocenters. The molecule has 2 fully saturated rings. The SMILES string of the molecule is O=CNC(Cc1ccc(-c2ccccn2)cc1)C(O)CN(Cc1ccccc1F)NC(=O)OC1COC2OCCC12. The lowest BCUT2D eigenvalue weighted by atomic mass is 9.99. The Morgan fingerprint density at radius 3 is 2.71 bits per heavy atom. The zero-order valence-corrected chi connectivity index (χ0v) is 22.4. The first-order valence-electron chi connectivity index (χ1n) is 13.6. The van der Waals surface area contributed by atoms with Gasteiger partial charge < -0.3 is 24.6 Å². The van der Waals surface area contributed by atoms with E-state index < -0.39 is 30.2 Å². The first-order valence-corrected chi connectivity index (χ1v) is 13.6. The van der Waals surface area contributed by atoms with Crippen LogP contribution in [0.2, 0.25) is 0 Å². The van der Waals surface area contributed by atoms with E-state index in [4.69, 9.17) is 14.2 Å². The van der Waals surface area contributed by atoms with Crippen molar-refractivity contribution in [2.24, 2.45) is 5.92 Å². The molecule has 0 aliphatic carbocycles. The Bertz CT molecular complexity index is 1300. The van der Waals surface area contributed by atoms with Crippen LogP contribution in [0.25, 0.3) is 11.3 Å². The summed E-state index contributed by atoms with van der Waals surface area (Å²) in [4.78, 5) is 28.6. The number of hydrazine groups is 1. The number of benzene rings is 2. The molecule has 2 aliphatic rings. The molecule has 0 spiro atoms. The van der Waals surface area contributed by atoms with E-state index in [1.165, 1.54) is 11.1 Å². The van der Waals surface area contributed by atoms with Gasteiger partial charge >= 0.3 is 6.09 Å². The molecule has 0 saturated carbocycles. The fourth-order valence-corrected chi connectivity index (χ4v) is 5.17. The van der Waals surface area contributed by atoms with Crippen LogP contribution in [0.4, 0.5) is 9.18 Å². The number of fused-ring (bicyclic) bond motifs is 1. The number of ether oxygens (including phenoxy) is 3. The predicted molar refractivity (Wildman–Crippen MR) is 146 cm³/mol. The van der Waals surface area contributed by atoms with Crippen LogP contribution in [0.3, 0.4) is 0 Å². The van der Waals surface area contributed by atoms with Gasteiger partial charge in [-0.3, -0.25) is 15.2 Å². The van der Waals surface area contributed by atoms with Gasteiger partial charge in [-0.2, -0.15) is 0 Å². The number of nitrogens with one attached hydrogen (secondary N) is 2. The van der Waals surface area contributed by atoms with Gasteiger partial charge in [-0.05, 0) is 36.6 Å². The van der Waals surface area contributed by atoms with Gasteiger partial charge in [-0.25, -0.2) is 14.2 Å². The normalized spacial score (nSPS) is 21.2. The van der Waals surface area contributed by atoms with Gasteiger partial charge in [0.25, 0.3) is 0 Å². The Balaban J connectivity index is 1.25. The van der Waals surface area contributed by atoms with Crippen molar-refractivity contribution in [2.75, 3.05) is 19.8 Å². The van der Waals surface area contributed by atoms with Crippen molar-refractivity contribution >= 4 is 12.5 Å². The number of aromatic nitrogens is 1. The second-order valence-electron chi connectivity index (χ2n) is 10.1. The molecule has 3 aromatic rings. The molecule has 3 N–H and O–H groups in total. The van der Waals surface area contributed by atoms with Crippen LogP contribution < -0.4 is 10.7 Å². The maximum absolute atomic E-state index is 14.5. The Kier molecular flexibility index (Phi) is 9.52. The molecule has 0 bridgehead atoms. The van der Waals surface area contributed by atoms with Crippen LogP contribution >= 0.6 is 0 Å². The molecule has 2 saturated heterocycles. The summed E-state index contributed by atoms with van der Waals surface area (Å²) in [5.41, 5.74) is 5.62. The lowest BCUT2D eigenvalue weighted by Crippen LogP contribution is -2.52. The van der Waals surface area contributed by atoms with E-state index in [0.717, 1.165) is 23.2 Å². The lowest BCUT2D eigenvalue weighted by molar-refractivity contribution is -0.111. The number of hydrogen-bond acceptors (Lipinski definition) is 8. The maximum Gasteiger partial charge on any atom is 0.422 e. The van der Waals surface area contributed by atoms with Crippen molar-refractivity contribution in [1.82, 2.24) is 20.7 Å². The number of halogens is 1. The van der Waals surface area contributed by atoms with Crippen molar-refractivity contribution in [3.8, 4) is 11.3 Å². The fourth-order valence-electron chi connectivity index (χ4n) is 5.17. The third-order valence-corrected chi connectivity index (χ3v) is 7.34. The highest BCUT2D eigenvalue weighted by molar-refractivity contribution is 5.67. The number of nitrogens with zero attached hydrogens (tertiary/aromatic N) is 2. The second kappa shape index (κ2) is 13.6. The summed E-state index contributed by atoms with van der Waals surface area (Å²) >= 11 is 0. The molecule has 41 heavy (non-hydrogen) atoms. The van der Waals surface area contributed by atoms with Crippen molar-refractivity contribution < 1.29 is 33.3 Å². The van der Waals surface area contributed by atoms with Crippen molar-refractivity contribution in [1.29, 1.82) is 0 Å². The van der Waals surface area contributed by atoms with Crippen LogP contribution in [0.5, 0.6) is 0 Å². The van der Waals surface area contributed by atoms with Gasteiger partial charge in [-0.1, -0.05) is 48.5 Å².